The normalized spacial score (nSPS) is 10.4. The van der Waals surface area contributed by atoms with Gasteiger partial charge in [0.1, 0.15) is 5.82 Å². The van der Waals surface area contributed by atoms with Crippen molar-refractivity contribution in [3.63, 3.8) is 0 Å². The van der Waals surface area contributed by atoms with Gasteiger partial charge in [0.15, 0.2) is 5.78 Å². The molecule has 21 heavy (non-hydrogen) atoms. The van der Waals surface area contributed by atoms with Crippen molar-refractivity contribution in [1.29, 1.82) is 0 Å². The van der Waals surface area contributed by atoms with E-state index in [0.29, 0.717) is 17.1 Å². The summed E-state index contributed by atoms with van der Waals surface area (Å²) in [5.41, 5.74) is 0.524. The van der Waals surface area contributed by atoms with Gasteiger partial charge >= 0.3 is 0 Å². The van der Waals surface area contributed by atoms with E-state index in [2.05, 4.69) is 4.98 Å². The van der Waals surface area contributed by atoms with Crippen LogP contribution in [0.5, 0.6) is 0 Å². The van der Waals surface area contributed by atoms with E-state index in [-0.39, 0.29) is 23.6 Å². The average molecular weight is 287 g/mol. The molecule has 0 radical (unpaired) electrons. The predicted molar refractivity (Wildman–Crippen MR) is 75.4 cm³/mol. The summed E-state index contributed by atoms with van der Waals surface area (Å²) < 4.78 is 1.27. The molecule has 0 bridgehead atoms. The van der Waals surface area contributed by atoms with Crippen LogP contribution < -0.4 is 5.56 Å². The van der Waals surface area contributed by atoms with Gasteiger partial charge in [0.05, 0.1) is 11.5 Å². The van der Waals surface area contributed by atoms with E-state index in [1.165, 1.54) is 34.9 Å². The summed E-state index contributed by atoms with van der Waals surface area (Å²) in [6, 6.07) is 6.63. The smallest absolute Gasteiger partial charge is 0.269 e. The molecule has 0 aliphatic rings. The molecule has 0 saturated heterocycles. The van der Waals surface area contributed by atoms with Crippen molar-refractivity contribution >= 4 is 11.5 Å². The van der Waals surface area contributed by atoms with Gasteiger partial charge in [-0.25, -0.2) is 4.98 Å². The minimum Gasteiger partial charge on any atom is -0.292 e. The third-order valence-electron chi connectivity index (χ3n) is 3.03. The molecule has 0 spiro atoms. The molecule has 0 unspecified atom stereocenters. The predicted octanol–water partition coefficient (Wildman–Crippen LogP) is 1.65. The quantitative estimate of drug-likeness (QED) is 0.484. The molecule has 2 aromatic rings. The number of aryl methyl sites for hydroxylation is 2. The van der Waals surface area contributed by atoms with Crippen LogP contribution in [0.3, 0.4) is 0 Å². The Morgan fingerprint density at radius 2 is 1.90 bits per heavy atom. The first kappa shape index (κ1) is 14.6. The molecule has 0 amide bonds. The van der Waals surface area contributed by atoms with Gasteiger partial charge in [0.2, 0.25) is 0 Å². The topological polar surface area (TPSA) is 95.1 Å². The van der Waals surface area contributed by atoms with Gasteiger partial charge in [-0.05, 0) is 26.0 Å². The summed E-state index contributed by atoms with van der Waals surface area (Å²) in [6.45, 7) is 3.21. The van der Waals surface area contributed by atoms with Crippen molar-refractivity contribution in [3.8, 4) is 0 Å². The van der Waals surface area contributed by atoms with Gasteiger partial charge in [-0.1, -0.05) is 0 Å². The maximum absolute atomic E-state index is 12.1. The fourth-order valence-corrected chi connectivity index (χ4v) is 1.96. The number of hydrogen-bond donors (Lipinski definition) is 0. The number of non-ortho nitro benzene ring substituents is 1. The number of nitro groups is 1. The average Bonchev–Trinajstić information content (AvgIpc) is 2.42. The monoisotopic (exact) mass is 287 g/mol. The second-order valence-corrected chi connectivity index (χ2v) is 4.60. The van der Waals surface area contributed by atoms with E-state index in [1.54, 1.807) is 13.8 Å². The van der Waals surface area contributed by atoms with Crippen LogP contribution in [0.2, 0.25) is 0 Å². The highest BCUT2D eigenvalue weighted by molar-refractivity contribution is 5.96. The lowest BCUT2D eigenvalue weighted by Gasteiger charge is -2.08. The number of nitro benzene ring substituents is 1. The summed E-state index contributed by atoms with van der Waals surface area (Å²) in [5, 5.41) is 10.6. The van der Waals surface area contributed by atoms with Gasteiger partial charge in [-0.15, -0.1) is 0 Å². The lowest BCUT2D eigenvalue weighted by atomic mass is 10.1. The Morgan fingerprint density at radius 3 is 2.43 bits per heavy atom. The largest absolute Gasteiger partial charge is 0.292 e. The van der Waals surface area contributed by atoms with Crippen LogP contribution in [0.15, 0.2) is 35.1 Å². The summed E-state index contributed by atoms with van der Waals surface area (Å²) >= 11 is 0. The van der Waals surface area contributed by atoms with E-state index in [1.807, 2.05) is 0 Å². The first-order valence-electron chi connectivity index (χ1n) is 6.21. The highest BCUT2D eigenvalue weighted by Crippen LogP contribution is 2.12. The molecule has 2 rings (SSSR count). The minimum atomic E-state index is -0.535. The third-order valence-corrected chi connectivity index (χ3v) is 3.03. The SMILES string of the molecule is Cc1cc(=O)n(CC(=O)c2ccc([N+](=O)[O-])cc2)c(C)n1. The molecule has 7 nitrogen and oxygen atoms in total. The van der Waals surface area contributed by atoms with Crippen LogP contribution in [0.4, 0.5) is 5.69 Å². The number of rotatable bonds is 4. The molecule has 0 atom stereocenters. The van der Waals surface area contributed by atoms with E-state index in [0.717, 1.165) is 0 Å². The van der Waals surface area contributed by atoms with E-state index in [9.17, 15) is 19.7 Å². The number of carbonyl (C=O) groups excluding carboxylic acids is 1. The highest BCUT2D eigenvalue weighted by atomic mass is 16.6. The fourth-order valence-electron chi connectivity index (χ4n) is 1.96. The van der Waals surface area contributed by atoms with Crippen molar-refractivity contribution in [2.75, 3.05) is 0 Å². The number of nitrogens with zero attached hydrogens (tertiary/aromatic N) is 3. The van der Waals surface area contributed by atoms with Gasteiger partial charge in [0.25, 0.3) is 11.2 Å². The first-order chi connectivity index (χ1) is 9.88. The molecule has 0 saturated carbocycles. The molecule has 1 heterocycles. The number of aromatic nitrogens is 2. The van der Waals surface area contributed by atoms with E-state index >= 15 is 0 Å². The van der Waals surface area contributed by atoms with Crippen molar-refractivity contribution in [2.24, 2.45) is 0 Å². The molecule has 1 aromatic carbocycles. The van der Waals surface area contributed by atoms with Crippen molar-refractivity contribution in [3.05, 3.63) is 67.9 Å². The first-order valence-corrected chi connectivity index (χ1v) is 6.21. The standard InChI is InChI=1S/C14H13N3O4/c1-9-7-14(19)16(10(2)15-9)8-13(18)11-3-5-12(6-4-11)17(20)21/h3-7H,8H2,1-2H3. The maximum Gasteiger partial charge on any atom is 0.269 e. The Kier molecular flexibility index (Phi) is 3.93. The second-order valence-electron chi connectivity index (χ2n) is 4.60. The maximum atomic E-state index is 12.1. The fraction of sp³-hybridized carbons (Fsp3) is 0.214. The summed E-state index contributed by atoms with van der Waals surface area (Å²) in [5.74, 6) is 0.149. The van der Waals surface area contributed by atoms with Gasteiger partial charge in [0, 0.05) is 29.5 Å². The van der Waals surface area contributed by atoms with Gasteiger partial charge < -0.3 is 0 Å². The molecule has 108 valence electrons. The zero-order valence-electron chi connectivity index (χ0n) is 11.6. The molecule has 1 aromatic heterocycles. The van der Waals surface area contributed by atoms with Gasteiger partial charge in [-0.3, -0.25) is 24.3 Å². The Bertz CT molecular complexity index is 763. The van der Waals surface area contributed by atoms with Crippen LogP contribution in [0.25, 0.3) is 0 Å². The van der Waals surface area contributed by atoms with Crippen LogP contribution in [0, 0.1) is 24.0 Å². The van der Waals surface area contributed by atoms with Crippen LogP contribution in [0.1, 0.15) is 21.9 Å². The summed E-state index contributed by atoms with van der Waals surface area (Å²) in [4.78, 5) is 38.1. The zero-order valence-corrected chi connectivity index (χ0v) is 11.6. The molecular formula is C14H13N3O4. The Hall–Kier alpha value is -2.83. The van der Waals surface area contributed by atoms with Gasteiger partial charge in [-0.2, -0.15) is 0 Å². The third kappa shape index (κ3) is 3.19. The minimum absolute atomic E-state index is 0.0862. The van der Waals surface area contributed by atoms with Crippen LogP contribution >= 0.6 is 0 Å². The number of benzene rings is 1. The molecular weight excluding hydrogens is 274 g/mol. The van der Waals surface area contributed by atoms with E-state index in [4.69, 9.17) is 0 Å². The zero-order chi connectivity index (χ0) is 15.6. The lowest BCUT2D eigenvalue weighted by Crippen LogP contribution is -2.27. The molecule has 0 aliphatic heterocycles. The van der Waals surface area contributed by atoms with Crippen molar-refractivity contribution in [2.45, 2.75) is 20.4 Å². The lowest BCUT2D eigenvalue weighted by molar-refractivity contribution is -0.384. The number of carbonyl (C=O) groups is 1. The molecule has 7 heteroatoms. The number of Topliss-reactive ketones (excluding diaryl/α,β-unsaturated/α-hetero) is 1. The van der Waals surface area contributed by atoms with Crippen LogP contribution in [-0.4, -0.2) is 20.3 Å². The van der Waals surface area contributed by atoms with E-state index < -0.39 is 4.92 Å². The van der Waals surface area contributed by atoms with Crippen molar-refractivity contribution in [1.82, 2.24) is 9.55 Å². The van der Waals surface area contributed by atoms with Crippen molar-refractivity contribution < 1.29 is 9.72 Å². The number of hydrogen-bond acceptors (Lipinski definition) is 5. The summed E-state index contributed by atoms with van der Waals surface area (Å²) in [6.07, 6.45) is 0. The Morgan fingerprint density at radius 1 is 1.29 bits per heavy atom. The Labute approximate surface area is 120 Å². The second kappa shape index (κ2) is 5.66. The molecule has 0 N–H and O–H groups in total. The Balaban J connectivity index is 2.26. The molecule has 0 fully saturated rings. The number of ketones is 1. The molecule has 0 aliphatic carbocycles. The van der Waals surface area contributed by atoms with Crippen LogP contribution in [-0.2, 0) is 6.54 Å². The summed E-state index contributed by atoms with van der Waals surface area (Å²) in [7, 11) is 0. The highest BCUT2D eigenvalue weighted by Gasteiger charge is 2.12.